The first-order valence-corrected chi connectivity index (χ1v) is 6.93. The molecule has 0 spiro atoms. The van der Waals surface area contributed by atoms with Crippen molar-refractivity contribution in [3.05, 3.63) is 54.1 Å². The van der Waals surface area contributed by atoms with Gasteiger partial charge in [0, 0.05) is 17.8 Å². The number of carbonyl (C=O) groups is 2. The highest BCUT2D eigenvalue weighted by Crippen LogP contribution is 2.23. The van der Waals surface area contributed by atoms with E-state index < -0.39 is 23.6 Å². The number of ketones is 1. The molecular formula is C16H17N2O4-. The Morgan fingerprint density at radius 1 is 1.32 bits per heavy atom. The van der Waals surface area contributed by atoms with Crippen LogP contribution in [0, 0.1) is 5.92 Å². The SMILES string of the molecule is CC(c1cnc[nH]1)C(C(=O)[O-])C(=O)COCc1ccccc1. The van der Waals surface area contributed by atoms with Gasteiger partial charge in [0.25, 0.3) is 0 Å². The van der Waals surface area contributed by atoms with Gasteiger partial charge in [-0.2, -0.15) is 0 Å². The Bertz CT molecular complexity index is 610. The van der Waals surface area contributed by atoms with Crippen LogP contribution in [0.2, 0.25) is 0 Å². The van der Waals surface area contributed by atoms with Gasteiger partial charge in [-0.3, -0.25) is 4.79 Å². The molecule has 1 aromatic heterocycles. The van der Waals surface area contributed by atoms with E-state index in [1.54, 1.807) is 6.92 Å². The van der Waals surface area contributed by atoms with Crippen molar-refractivity contribution in [3.8, 4) is 0 Å². The van der Waals surface area contributed by atoms with Gasteiger partial charge >= 0.3 is 0 Å². The molecule has 0 saturated carbocycles. The van der Waals surface area contributed by atoms with Crippen molar-refractivity contribution in [2.24, 2.45) is 5.92 Å². The second-order valence-corrected chi connectivity index (χ2v) is 5.04. The number of carbonyl (C=O) groups excluding carboxylic acids is 2. The lowest BCUT2D eigenvalue weighted by molar-refractivity contribution is -0.310. The van der Waals surface area contributed by atoms with E-state index in [-0.39, 0.29) is 13.2 Å². The molecule has 0 amide bonds. The molecule has 0 bridgehead atoms. The van der Waals surface area contributed by atoms with E-state index in [0.717, 1.165) is 5.56 Å². The minimum absolute atomic E-state index is 0.255. The molecule has 6 heteroatoms. The predicted octanol–water partition coefficient (Wildman–Crippen LogP) is 0.665. The van der Waals surface area contributed by atoms with Gasteiger partial charge in [-0.05, 0) is 5.56 Å². The van der Waals surface area contributed by atoms with Gasteiger partial charge in [-0.15, -0.1) is 0 Å². The summed E-state index contributed by atoms with van der Waals surface area (Å²) in [6.07, 6.45) is 2.94. The van der Waals surface area contributed by atoms with Crippen LogP contribution in [-0.2, 0) is 20.9 Å². The lowest BCUT2D eigenvalue weighted by atomic mass is 9.88. The fourth-order valence-corrected chi connectivity index (χ4v) is 2.24. The van der Waals surface area contributed by atoms with Crippen molar-refractivity contribution in [3.63, 3.8) is 0 Å². The number of imidazole rings is 1. The van der Waals surface area contributed by atoms with Gasteiger partial charge in [-0.1, -0.05) is 37.3 Å². The second-order valence-electron chi connectivity index (χ2n) is 5.04. The molecule has 0 radical (unpaired) electrons. The fourth-order valence-electron chi connectivity index (χ4n) is 2.24. The lowest BCUT2D eigenvalue weighted by Crippen LogP contribution is -2.41. The molecule has 2 unspecified atom stereocenters. The summed E-state index contributed by atoms with van der Waals surface area (Å²) < 4.78 is 5.31. The molecule has 0 saturated heterocycles. The highest BCUT2D eigenvalue weighted by molar-refractivity contribution is 5.99. The van der Waals surface area contributed by atoms with E-state index in [4.69, 9.17) is 4.74 Å². The Morgan fingerprint density at radius 3 is 2.64 bits per heavy atom. The minimum atomic E-state index is -1.41. The Hall–Kier alpha value is -2.47. The molecule has 0 aliphatic heterocycles. The molecule has 0 fully saturated rings. The van der Waals surface area contributed by atoms with Gasteiger partial charge in [-0.25, -0.2) is 4.98 Å². The van der Waals surface area contributed by atoms with E-state index in [1.165, 1.54) is 12.5 Å². The van der Waals surface area contributed by atoms with Gasteiger partial charge in [0.1, 0.15) is 6.61 Å². The quantitative estimate of drug-likeness (QED) is 0.723. The van der Waals surface area contributed by atoms with Crippen LogP contribution in [0.5, 0.6) is 0 Å². The first-order valence-electron chi connectivity index (χ1n) is 6.93. The van der Waals surface area contributed by atoms with Gasteiger partial charge in [0.2, 0.25) is 0 Å². The van der Waals surface area contributed by atoms with Gasteiger partial charge < -0.3 is 19.6 Å². The summed E-state index contributed by atoms with van der Waals surface area (Å²) in [5, 5.41) is 11.3. The zero-order valence-electron chi connectivity index (χ0n) is 12.2. The van der Waals surface area contributed by atoms with Crippen LogP contribution >= 0.6 is 0 Å². The van der Waals surface area contributed by atoms with Crippen LogP contribution in [0.4, 0.5) is 0 Å². The molecule has 2 atom stereocenters. The molecule has 2 aromatic rings. The van der Waals surface area contributed by atoms with Crippen molar-refractivity contribution in [2.45, 2.75) is 19.4 Å². The normalized spacial score (nSPS) is 13.5. The van der Waals surface area contributed by atoms with E-state index in [0.29, 0.717) is 5.69 Å². The summed E-state index contributed by atoms with van der Waals surface area (Å²) in [4.78, 5) is 30.1. The average molecular weight is 301 g/mol. The molecule has 0 aliphatic carbocycles. The summed E-state index contributed by atoms with van der Waals surface area (Å²) in [5.41, 5.74) is 1.49. The number of hydrogen-bond donors (Lipinski definition) is 1. The zero-order chi connectivity index (χ0) is 15.9. The number of aromatic nitrogens is 2. The van der Waals surface area contributed by atoms with Crippen LogP contribution in [0.15, 0.2) is 42.9 Å². The van der Waals surface area contributed by atoms with Crippen LogP contribution in [0.25, 0.3) is 0 Å². The van der Waals surface area contributed by atoms with Crippen molar-refractivity contribution in [1.82, 2.24) is 9.97 Å². The predicted molar refractivity (Wildman–Crippen MR) is 76.6 cm³/mol. The highest BCUT2D eigenvalue weighted by atomic mass is 16.5. The van der Waals surface area contributed by atoms with Gasteiger partial charge in [0.05, 0.1) is 24.8 Å². The molecule has 2 rings (SSSR count). The Kier molecular flexibility index (Phi) is 5.43. The first-order chi connectivity index (χ1) is 10.6. The molecule has 22 heavy (non-hydrogen) atoms. The maximum atomic E-state index is 12.1. The summed E-state index contributed by atoms with van der Waals surface area (Å²) in [7, 11) is 0. The number of Topliss-reactive ketones (excluding diaryl/α,β-unsaturated/α-hetero) is 1. The van der Waals surface area contributed by atoms with E-state index in [1.807, 2.05) is 30.3 Å². The Labute approximate surface area is 128 Å². The second kappa shape index (κ2) is 7.51. The topological polar surface area (TPSA) is 95.1 Å². The zero-order valence-corrected chi connectivity index (χ0v) is 12.2. The number of nitrogens with one attached hydrogen (secondary N) is 1. The van der Waals surface area contributed by atoms with E-state index >= 15 is 0 Å². The number of H-pyrrole nitrogens is 1. The number of carboxylic acid groups (broad SMARTS) is 1. The minimum Gasteiger partial charge on any atom is -0.549 e. The summed E-state index contributed by atoms with van der Waals surface area (Å²) >= 11 is 0. The molecule has 116 valence electrons. The molecular weight excluding hydrogens is 284 g/mol. The molecule has 1 N–H and O–H groups in total. The molecule has 1 heterocycles. The van der Waals surface area contributed by atoms with Crippen LogP contribution < -0.4 is 5.11 Å². The van der Waals surface area contributed by atoms with Crippen LogP contribution in [-0.4, -0.2) is 28.3 Å². The molecule has 1 aromatic carbocycles. The number of nitrogens with zero attached hydrogens (tertiary/aromatic N) is 1. The number of aromatic amines is 1. The first kappa shape index (κ1) is 15.9. The molecule has 6 nitrogen and oxygen atoms in total. The lowest BCUT2D eigenvalue weighted by Gasteiger charge is -2.22. The van der Waals surface area contributed by atoms with E-state index in [2.05, 4.69) is 9.97 Å². The highest BCUT2D eigenvalue weighted by Gasteiger charge is 2.28. The number of carboxylic acids is 1. The van der Waals surface area contributed by atoms with Crippen molar-refractivity contribution >= 4 is 11.8 Å². The number of ether oxygens (including phenoxy) is 1. The Morgan fingerprint density at radius 2 is 2.05 bits per heavy atom. The van der Waals surface area contributed by atoms with Crippen molar-refractivity contribution in [2.75, 3.05) is 6.61 Å². The average Bonchev–Trinajstić information content (AvgIpc) is 3.02. The number of hydrogen-bond acceptors (Lipinski definition) is 5. The number of rotatable bonds is 8. The van der Waals surface area contributed by atoms with E-state index in [9.17, 15) is 14.7 Å². The largest absolute Gasteiger partial charge is 0.549 e. The molecule has 0 aliphatic rings. The maximum absolute atomic E-state index is 12.1. The monoisotopic (exact) mass is 301 g/mol. The van der Waals surface area contributed by atoms with Crippen LogP contribution in [0.1, 0.15) is 24.1 Å². The van der Waals surface area contributed by atoms with Crippen LogP contribution in [0.3, 0.4) is 0 Å². The van der Waals surface area contributed by atoms with Crippen molar-refractivity contribution < 1.29 is 19.4 Å². The third kappa shape index (κ3) is 4.02. The smallest absolute Gasteiger partial charge is 0.167 e. The third-order valence-corrected chi connectivity index (χ3v) is 3.47. The Balaban J connectivity index is 1.94. The third-order valence-electron chi connectivity index (χ3n) is 3.47. The summed E-state index contributed by atoms with van der Waals surface area (Å²) in [5.74, 6) is -3.75. The van der Waals surface area contributed by atoms with Crippen molar-refractivity contribution in [1.29, 1.82) is 0 Å². The number of benzene rings is 1. The summed E-state index contributed by atoms with van der Waals surface area (Å²) in [6.45, 7) is 1.62. The fraction of sp³-hybridized carbons (Fsp3) is 0.312. The maximum Gasteiger partial charge on any atom is 0.167 e. The standard InChI is InChI=1S/C16H18N2O4/c1-11(13-7-17-10-18-13)15(16(20)21)14(19)9-22-8-12-5-3-2-4-6-12/h2-7,10-11,15H,8-9H2,1H3,(H,17,18)(H,20,21)/p-1. The van der Waals surface area contributed by atoms with Gasteiger partial charge in [0.15, 0.2) is 5.78 Å². The summed E-state index contributed by atoms with van der Waals surface area (Å²) in [6, 6.07) is 9.35. The number of aliphatic carboxylic acids is 1.